The van der Waals surface area contributed by atoms with Crippen molar-refractivity contribution in [2.45, 2.75) is 0 Å². The van der Waals surface area contributed by atoms with Gasteiger partial charge in [-0.05, 0) is 173 Å². The third-order valence-corrected chi connectivity index (χ3v) is 15.7. The first-order valence-electron chi connectivity index (χ1n) is 27.0. The maximum Gasteiger partial charge on any atom is -0.00259 e. The summed E-state index contributed by atoms with van der Waals surface area (Å²) in [6.07, 6.45) is 0. The van der Waals surface area contributed by atoms with E-state index < -0.39 is 0 Å². The molecule has 0 heterocycles. The largest absolute Gasteiger partial charge is 0.0622 e. The molecule has 0 nitrogen and oxygen atoms in total. The Balaban J connectivity index is 0.000000143. The summed E-state index contributed by atoms with van der Waals surface area (Å²) >= 11 is 0. The fraction of sp³-hybridized carbons (Fsp3) is 0. The Hall–Kier alpha value is -10.1. The molecule has 0 aliphatic heterocycles. The van der Waals surface area contributed by atoms with Crippen LogP contribution in [-0.2, 0) is 0 Å². The van der Waals surface area contributed by atoms with E-state index in [1.807, 2.05) is 0 Å². The molecule has 0 fully saturated rings. The van der Waals surface area contributed by atoms with Crippen molar-refractivity contribution in [3.63, 3.8) is 0 Å². The van der Waals surface area contributed by atoms with Gasteiger partial charge in [0.25, 0.3) is 0 Å². The summed E-state index contributed by atoms with van der Waals surface area (Å²) in [5, 5.41) is 15.3. The van der Waals surface area contributed by atoms with Gasteiger partial charge >= 0.3 is 0 Å². The molecule has 0 spiro atoms. The van der Waals surface area contributed by atoms with E-state index in [1.165, 1.54) is 143 Å². The fourth-order valence-electron chi connectivity index (χ4n) is 12.0. The van der Waals surface area contributed by atoms with E-state index in [4.69, 9.17) is 0 Å². The first kappa shape index (κ1) is 46.4. The van der Waals surface area contributed by atoms with Crippen LogP contribution in [0, 0.1) is 0 Å². The SMILES string of the molecule is c1ccc(-c2cc(-c3ccccc3)cc(-c3c4ccccc4c(-c4ccc5ccccc5c4)c4ccccc34)c2)cc1.c1ccc(-c2ccc(-c3c4ccccc4c(-c4ccc5ccccc5c4)c4ccccc34)cc2)cc1. The molecule has 15 aromatic rings. The molecule has 0 amide bonds. The number of fused-ring (bicyclic) bond motifs is 6. The van der Waals surface area contributed by atoms with Gasteiger partial charge < -0.3 is 0 Å². The molecule has 78 heavy (non-hydrogen) atoms. The van der Waals surface area contributed by atoms with Crippen molar-refractivity contribution in [3.8, 4) is 77.9 Å². The average molecular weight is 989 g/mol. The summed E-state index contributed by atoms with van der Waals surface area (Å²) < 4.78 is 0. The molecule has 0 aliphatic rings. The Morgan fingerprint density at radius 2 is 0.346 bits per heavy atom. The van der Waals surface area contributed by atoms with Gasteiger partial charge in [-0.2, -0.15) is 0 Å². The number of hydrogen-bond acceptors (Lipinski definition) is 0. The van der Waals surface area contributed by atoms with Crippen LogP contribution in [0.5, 0.6) is 0 Å². The predicted molar refractivity (Wildman–Crippen MR) is 336 cm³/mol. The summed E-state index contributed by atoms with van der Waals surface area (Å²) in [6, 6.07) is 115. The Labute approximate surface area is 455 Å². The van der Waals surface area contributed by atoms with Crippen LogP contribution in [0.15, 0.2) is 315 Å². The second-order valence-corrected chi connectivity index (χ2v) is 20.3. The summed E-state index contributed by atoms with van der Waals surface area (Å²) in [5.41, 5.74) is 17.5. The molecule has 0 bridgehead atoms. The first-order chi connectivity index (χ1) is 38.7. The molecule has 0 atom stereocenters. The van der Waals surface area contributed by atoms with Gasteiger partial charge in [0.1, 0.15) is 0 Å². The highest BCUT2D eigenvalue weighted by atomic mass is 14.2. The van der Waals surface area contributed by atoms with Crippen LogP contribution in [-0.4, -0.2) is 0 Å². The molecule has 0 unspecified atom stereocenters. The molecule has 0 aromatic heterocycles. The van der Waals surface area contributed by atoms with Crippen LogP contribution in [0.2, 0.25) is 0 Å². The Morgan fingerprint density at radius 1 is 0.115 bits per heavy atom. The zero-order valence-corrected chi connectivity index (χ0v) is 43.0. The maximum atomic E-state index is 2.37. The van der Waals surface area contributed by atoms with E-state index in [9.17, 15) is 0 Å². The van der Waals surface area contributed by atoms with Crippen molar-refractivity contribution in [2.75, 3.05) is 0 Å². The van der Waals surface area contributed by atoms with E-state index in [0.29, 0.717) is 0 Å². The van der Waals surface area contributed by atoms with Gasteiger partial charge in [0.2, 0.25) is 0 Å². The lowest BCUT2D eigenvalue weighted by atomic mass is 9.84. The summed E-state index contributed by atoms with van der Waals surface area (Å²) in [5.74, 6) is 0. The molecule has 0 aliphatic carbocycles. The van der Waals surface area contributed by atoms with Crippen LogP contribution in [0.3, 0.4) is 0 Å². The Morgan fingerprint density at radius 3 is 0.705 bits per heavy atom. The van der Waals surface area contributed by atoms with Gasteiger partial charge in [-0.25, -0.2) is 0 Å². The quantitative estimate of drug-likeness (QED) is 0.140. The van der Waals surface area contributed by atoms with E-state index in [2.05, 4.69) is 315 Å². The number of benzene rings is 15. The first-order valence-corrected chi connectivity index (χ1v) is 27.0. The number of rotatable bonds is 7. The van der Waals surface area contributed by atoms with Gasteiger partial charge in [-0.15, -0.1) is 0 Å². The molecule has 364 valence electrons. The van der Waals surface area contributed by atoms with Crippen molar-refractivity contribution in [2.24, 2.45) is 0 Å². The highest BCUT2D eigenvalue weighted by Crippen LogP contribution is 2.47. The van der Waals surface area contributed by atoms with Crippen LogP contribution < -0.4 is 0 Å². The third kappa shape index (κ3) is 8.56. The zero-order valence-electron chi connectivity index (χ0n) is 43.0. The summed E-state index contributed by atoms with van der Waals surface area (Å²) in [4.78, 5) is 0. The molecular weight excluding hydrogens is 937 g/mol. The minimum atomic E-state index is 1.22. The predicted octanol–water partition coefficient (Wildman–Crippen LogP) is 22.0. The average Bonchev–Trinajstić information content (AvgIpc) is 3.53. The van der Waals surface area contributed by atoms with E-state index >= 15 is 0 Å². The van der Waals surface area contributed by atoms with E-state index in [1.54, 1.807) is 0 Å². The second-order valence-electron chi connectivity index (χ2n) is 20.3. The van der Waals surface area contributed by atoms with Crippen LogP contribution >= 0.6 is 0 Å². The molecule has 15 rings (SSSR count). The molecule has 15 aromatic carbocycles. The van der Waals surface area contributed by atoms with E-state index in [-0.39, 0.29) is 0 Å². The second kappa shape index (κ2) is 20.2. The van der Waals surface area contributed by atoms with Crippen molar-refractivity contribution in [1.82, 2.24) is 0 Å². The van der Waals surface area contributed by atoms with Gasteiger partial charge in [0.15, 0.2) is 0 Å². The van der Waals surface area contributed by atoms with Gasteiger partial charge in [0.05, 0.1) is 0 Å². The maximum absolute atomic E-state index is 2.37. The zero-order chi connectivity index (χ0) is 51.8. The Kier molecular flexibility index (Phi) is 12.0. The standard InChI is InChI=1S/C42H28.C36H24/c1-3-13-29(14-4-1)34-26-35(30-15-5-2-6-16-30)28-36(27-34)42-39-21-11-9-19-37(39)41(38-20-10-12-22-40(38)42)33-24-23-31-17-7-8-18-32(31)25-33;1-2-10-25(11-3-1)27-18-21-28(22-19-27)35-31-14-6-8-16-33(31)36(34-17-9-7-15-32(34)35)30-23-20-26-12-4-5-13-29(26)24-30/h1-28H;1-24H. The summed E-state index contributed by atoms with van der Waals surface area (Å²) in [7, 11) is 0. The van der Waals surface area contributed by atoms with Crippen LogP contribution in [0.4, 0.5) is 0 Å². The highest BCUT2D eigenvalue weighted by Gasteiger charge is 2.20. The van der Waals surface area contributed by atoms with Crippen LogP contribution in [0.25, 0.3) is 143 Å². The topological polar surface area (TPSA) is 0 Å². The Bertz CT molecular complexity index is 4520. The lowest BCUT2D eigenvalue weighted by Crippen LogP contribution is -1.92. The van der Waals surface area contributed by atoms with Gasteiger partial charge in [0, 0.05) is 0 Å². The molecular formula is C78H52. The van der Waals surface area contributed by atoms with Crippen molar-refractivity contribution in [1.29, 1.82) is 0 Å². The lowest BCUT2D eigenvalue weighted by Gasteiger charge is -2.19. The fourth-order valence-corrected chi connectivity index (χ4v) is 12.0. The monoisotopic (exact) mass is 988 g/mol. The lowest BCUT2D eigenvalue weighted by molar-refractivity contribution is 1.58. The molecule has 0 saturated heterocycles. The smallest absolute Gasteiger partial charge is 0.00259 e. The number of hydrogen-bond donors (Lipinski definition) is 0. The molecule has 0 radical (unpaired) electrons. The third-order valence-electron chi connectivity index (χ3n) is 15.7. The molecule has 0 saturated carbocycles. The molecule has 0 heteroatoms. The van der Waals surface area contributed by atoms with Gasteiger partial charge in [-0.1, -0.05) is 285 Å². The van der Waals surface area contributed by atoms with E-state index in [0.717, 1.165) is 0 Å². The highest BCUT2D eigenvalue weighted by molar-refractivity contribution is 6.23. The normalized spacial score (nSPS) is 11.3. The van der Waals surface area contributed by atoms with Crippen molar-refractivity contribution >= 4 is 64.6 Å². The minimum absolute atomic E-state index is 1.22. The van der Waals surface area contributed by atoms with Crippen molar-refractivity contribution < 1.29 is 0 Å². The summed E-state index contributed by atoms with van der Waals surface area (Å²) in [6.45, 7) is 0. The van der Waals surface area contributed by atoms with Crippen LogP contribution in [0.1, 0.15) is 0 Å². The molecule has 0 N–H and O–H groups in total. The minimum Gasteiger partial charge on any atom is -0.0622 e. The van der Waals surface area contributed by atoms with Crippen molar-refractivity contribution in [3.05, 3.63) is 315 Å². The van der Waals surface area contributed by atoms with Gasteiger partial charge in [-0.3, -0.25) is 0 Å².